The molecule has 0 atom stereocenters. The van der Waals surface area contributed by atoms with Crippen molar-refractivity contribution in [3.63, 3.8) is 0 Å². The van der Waals surface area contributed by atoms with Gasteiger partial charge in [-0.3, -0.25) is 0 Å². The number of aliphatic hydroxyl groups is 1. The third-order valence-electron chi connectivity index (χ3n) is 1.72. The van der Waals surface area contributed by atoms with Crippen LogP contribution >= 0.6 is 11.3 Å². The molecule has 0 amide bonds. The van der Waals surface area contributed by atoms with Gasteiger partial charge in [-0.2, -0.15) is 0 Å². The second-order valence-corrected chi connectivity index (χ2v) is 4.84. The Kier molecular flexibility index (Phi) is 2.63. The Balaban J connectivity index is 3.11. The highest BCUT2D eigenvalue weighted by atomic mass is 32.1. The molecule has 0 aromatic carbocycles. The van der Waals surface area contributed by atoms with Crippen LogP contribution in [0.15, 0.2) is 0 Å². The third-order valence-corrected chi connectivity index (χ3v) is 3.36. The minimum absolute atomic E-state index is 0.782. The lowest BCUT2D eigenvalue weighted by molar-refractivity contribution is 0.0817. The fourth-order valence-corrected chi connectivity index (χ4v) is 2.13. The molecule has 1 N–H and O–H groups in total. The predicted octanol–water partition coefficient (Wildman–Crippen LogP) is 1.74. The van der Waals surface area contributed by atoms with Gasteiger partial charge in [-0.25, -0.2) is 4.98 Å². The maximum absolute atomic E-state index is 9.82. The first-order valence-electron chi connectivity index (χ1n) is 4.20. The fourth-order valence-electron chi connectivity index (χ4n) is 1.14. The molecule has 0 unspecified atom stereocenters. The molecule has 0 bridgehead atoms. The van der Waals surface area contributed by atoms with Crippen LogP contribution in [-0.2, 0) is 5.60 Å². The second kappa shape index (κ2) is 3.27. The van der Waals surface area contributed by atoms with Crippen molar-refractivity contribution < 1.29 is 5.11 Å². The van der Waals surface area contributed by atoms with E-state index in [0.29, 0.717) is 0 Å². The molecule has 0 spiro atoms. The highest BCUT2D eigenvalue weighted by Crippen LogP contribution is 2.32. The van der Waals surface area contributed by atoms with E-state index in [1.807, 2.05) is 25.9 Å². The molecule has 3 nitrogen and oxygen atoms in total. The van der Waals surface area contributed by atoms with Crippen LogP contribution in [0.1, 0.15) is 24.4 Å². The molecule has 74 valence electrons. The Morgan fingerprint density at radius 2 is 1.92 bits per heavy atom. The van der Waals surface area contributed by atoms with E-state index in [-0.39, 0.29) is 0 Å². The summed E-state index contributed by atoms with van der Waals surface area (Å²) in [6.07, 6.45) is 0. The number of anilines is 1. The van der Waals surface area contributed by atoms with Gasteiger partial charge in [-0.15, -0.1) is 0 Å². The van der Waals surface area contributed by atoms with E-state index in [9.17, 15) is 5.11 Å². The number of hydrogen-bond donors (Lipinski definition) is 1. The van der Waals surface area contributed by atoms with Gasteiger partial charge in [0.1, 0.15) is 0 Å². The summed E-state index contributed by atoms with van der Waals surface area (Å²) in [5.41, 5.74) is 0.136. The number of thiazole rings is 1. The Morgan fingerprint density at radius 1 is 1.38 bits per heavy atom. The van der Waals surface area contributed by atoms with Crippen LogP contribution in [0.4, 0.5) is 5.13 Å². The lowest BCUT2D eigenvalue weighted by Crippen LogP contribution is -2.14. The minimum Gasteiger partial charge on any atom is -0.385 e. The maximum Gasteiger partial charge on any atom is 0.185 e. The normalized spacial score (nSPS) is 11.8. The highest BCUT2D eigenvalue weighted by molar-refractivity contribution is 7.15. The summed E-state index contributed by atoms with van der Waals surface area (Å²) >= 11 is 1.54. The van der Waals surface area contributed by atoms with Crippen LogP contribution in [0.25, 0.3) is 0 Å². The predicted molar refractivity (Wildman–Crippen MR) is 56.4 cm³/mol. The van der Waals surface area contributed by atoms with Gasteiger partial charge in [0.15, 0.2) is 5.13 Å². The molecule has 0 radical (unpaired) electrons. The lowest BCUT2D eigenvalue weighted by atomic mass is 10.1. The van der Waals surface area contributed by atoms with Crippen LogP contribution in [-0.4, -0.2) is 24.2 Å². The van der Waals surface area contributed by atoms with Gasteiger partial charge >= 0.3 is 0 Å². The smallest absolute Gasteiger partial charge is 0.185 e. The average Bonchev–Trinajstić information content (AvgIpc) is 2.29. The maximum atomic E-state index is 9.82. The fraction of sp³-hybridized carbons (Fsp3) is 0.667. The quantitative estimate of drug-likeness (QED) is 0.790. The number of aromatic nitrogens is 1. The van der Waals surface area contributed by atoms with Crippen molar-refractivity contribution in [1.29, 1.82) is 0 Å². The van der Waals surface area contributed by atoms with Gasteiger partial charge in [0.05, 0.1) is 16.2 Å². The molecule has 1 heterocycles. The number of nitrogens with zero attached hydrogens (tertiary/aromatic N) is 2. The molecule has 0 aliphatic heterocycles. The first-order chi connectivity index (χ1) is 5.82. The zero-order valence-corrected chi connectivity index (χ0v) is 9.57. The van der Waals surface area contributed by atoms with E-state index in [0.717, 1.165) is 15.7 Å². The van der Waals surface area contributed by atoms with Gasteiger partial charge in [0.2, 0.25) is 0 Å². The molecule has 1 rings (SSSR count). The van der Waals surface area contributed by atoms with Crippen LogP contribution in [0.3, 0.4) is 0 Å². The number of rotatable bonds is 2. The number of aryl methyl sites for hydroxylation is 1. The van der Waals surface area contributed by atoms with E-state index in [1.54, 1.807) is 13.8 Å². The van der Waals surface area contributed by atoms with Gasteiger partial charge in [0, 0.05) is 14.1 Å². The molecule has 4 heteroatoms. The van der Waals surface area contributed by atoms with E-state index in [2.05, 4.69) is 4.98 Å². The molecular weight excluding hydrogens is 184 g/mol. The Morgan fingerprint density at radius 3 is 2.15 bits per heavy atom. The lowest BCUT2D eigenvalue weighted by Gasteiger charge is -2.15. The van der Waals surface area contributed by atoms with E-state index in [4.69, 9.17) is 0 Å². The molecule has 0 saturated carbocycles. The van der Waals surface area contributed by atoms with E-state index in [1.165, 1.54) is 11.3 Å². The Hall–Kier alpha value is -0.610. The Labute approximate surface area is 83.0 Å². The summed E-state index contributed by atoms with van der Waals surface area (Å²) < 4.78 is 0. The topological polar surface area (TPSA) is 36.4 Å². The first kappa shape index (κ1) is 10.5. The largest absolute Gasteiger partial charge is 0.385 e. The molecule has 0 aliphatic rings. The van der Waals surface area contributed by atoms with Crippen LogP contribution in [0.5, 0.6) is 0 Å². The molecule has 1 aromatic heterocycles. The molecule has 0 aliphatic carbocycles. The molecule has 0 fully saturated rings. The monoisotopic (exact) mass is 200 g/mol. The van der Waals surface area contributed by atoms with Crippen molar-refractivity contribution in [3.8, 4) is 0 Å². The van der Waals surface area contributed by atoms with Crippen molar-refractivity contribution in [3.05, 3.63) is 10.6 Å². The van der Waals surface area contributed by atoms with Gasteiger partial charge in [0.25, 0.3) is 0 Å². The van der Waals surface area contributed by atoms with Crippen molar-refractivity contribution in [2.75, 3.05) is 19.0 Å². The SMILES string of the molecule is Cc1nc(N(C)C)sc1C(C)(C)O. The zero-order chi connectivity index (χ0) is 10.2. The van der Waals surface area contributed by atoms with Crippen LogP contribution in [0, 0.1) is 6.92 Å². The van der Waals surface area contributed by atoms with Gasteiger partial charge in [-0.1, -0.05) is 11.3 Å². The van der Waals surface area contributed by atoms with Gasteiger partial charge in [-0.05, 0) is 20.8 Å². The van der Waals surface area contributed by atoms with Crippen molar-refractivity contribution in [1.82, 2.24) is 4.98 Å². The van der Waals surface area contributed by atoms with Crippen molar-refractivity contribution in [2.24, 2.45) is 0 Å². The van der Waals surface area contributed by atoms with Crippen molar-refractivity contribution >= 4 is 16.5 Å². The standard InChI is InChI=1S/C9H16N2OS/c1-6-7(9(2,3)12)13-8(10-6)11(4)5/h12H,1-5H3. The summed E-state index contributed by atoms with van der Waals surface area (Å²) in [6, 6.07) is 0. The Bertz CT molecular complexity index is 299. The van der Waals surface area contributed by atoms with Gasteiger partial charge < -0.3 is 10.0 Å². The minimum atomic E-state index is -0.782. The first-order valence-corrected chi connectivity index (χ1v) is 5.01. The summed E-state index contributed by atoms with van der Waals surface area (Å²) in [6.45, 7) is 5.50. The summed E-state index contributed by atoms with van der Waals surface area (Å²) in [5.74, 6) is 0. The van der Waals surface area contributed by atoms with Crippen molar-refractivity contribution in [2.45, 2.75) is 26.4 Å². The van der Waals surface area contributed by atoms with Crippen LogP contribution in [0.2, 0.25) is 0 Å². The molecule has 1 aromatic rings. The van der Waals surface area contributed by atoms with E-state index < -0.39 is 5.60 Å². The highest BCUT2D eigenvalue weighted by Gasteiger charge is 2.23. The number of hydrogen-bond acceptors (Lipinski definition) is 4. The van der Waals surface area contributed by atoms with Crippen LogP contribution < -0.4 is 4.90 Å². The summed E-state index contributed by atoms with van der Waals surface area (Å²) in [5, 5.41) is 10.8. The third kappa shape index (κ3) is 2.19. The summed E-state index contributed by atoms with van der Waals surface area (Å²) in [7, 11) is 3.90. The summed E-state index contributed by atoms with van der Waals surface area (Å²) in [4.78, 5) is 7.25. The zero-order valence-electron chi connectivity index (χ0n) is 8.75. The molecular formula is C9H16N2OS. The average molecular weight is 200 g/mol. The second-order valence-electron chi connectivity index (χ2n) is 3.86. The molecule has 0 saturated heterocycles. The van der Waals surface area contributed by atoms with E-state index >= 15 is 0 Å². The molecule has 13 heavy (non-hydrogen) atoms.